The number of benzene rings is 2. The van der Waals surface area contributed by atoms with Gasteiger partial charge in [-0.25, -0.2) is 8.78 Å². The summed E-state index contributed by atoms with van der Waals surface area (Å²) in [5, 5.41) is 18.5. The van der Waals surface area contributed by atoms with Gasteiger partial charge in [-0.1, -0.05) is 17.3 Å². The lowest BCUT2D eigenvalue weighted by Crippen LogP contribution is -2.27. The Morgan fingerprint density at radius 3 is 2.56 bits per heavy atom. The van der Waals surface area contributed by atoms with Gasteiger partial charge in [-0.05, 0) is 74.9 Å². The summed E-state index contributed by atoms with van der Waals surface area (Å²) in [6, 6.07) is 9.06. The van der Waals surface area contributed by atoms with Crippen LogP contribution in [-0.2, 0) is 11.2 Å². The van der Waals surface area contributed by atoms with Crippen molar-refractivity contribution >= 4 is 11.6 Å². The lowest BCUT2D eigenvalue weighted by atomic mass is 9.92. The molecule has 178 valence electrons. The van der Waals surface area contributed by atoms with Crippen molar-refractivity contribution in [1.29, 1.82) is 0 Å². The summed E-state index contributed by atoms with van der Waals surface area (Å²) < 4.78 is 35.2. The molecule has 0 unspecified atom stereocenters. The van der Waals surface area contributed by atoms with Gasteiger partial charge in [-0.2, -0.15) is 0 Å². The molecule has 6 nitrogen and oxygen atoms in total. The van der Waals surface area contributed by atoms with Crippen molar-refractivity contribution in [2.24, 2.45) is 5.92 Å². The molecule has 0 spiro atoms. The Kier molecular flexibility index (Phi) is 6.32. The SMILES string of the molecule is O=C1CCCN1c1c(F)cc(-c2cccc(-c3cc(CCC4CCNCC4)no3)c2O)cc1F. The number of hydrogen-bond acceptors (Lipinski definition) is 5. The fourth-order valence-corrected chi connectivity index (χ4v) is 4.92. The Hall–Kier alpha value is -3.26. The van der Waals surface area contributed by atoms with Crippen LogP contribution in [0.1, 0.15) is 37.8 Å². The molecule has 8 heteroatoms. The van der Waals surface area contributed by atoms with Crippen molar-refractivity contribution in [3.8, 4) is 28.2 Å². The van der Waals surface area contributed by atoms with Crippen LogP contribution in [0.15, 0.2) is 40.9 Å². The topological polar surface area (TPSA) is 78.6 Å². The van der Waals surface area contributed by atoms with Crippen molar-refractivity contribution < 1.29 is 23.2 Å². The molecule has 2 aromatic carbocycles. The summed E-state index contributed by atoms with van der Waals surface area (Å²) in [7, 11) is 0. The number of anilines is 1. The van der Waals surface area contributed by atoms with Crippen molar-refractivity contribution in [3.05, 3.63) is 53.7 Å². The fourth-order valence-electron chi connectivity index (χ4n) is 4.92. The van der Waals surface area contributed by atoms with E-state index < -0.39 is 11.6 Å². The van der Waals surface area contributed by atoms with Gasteiger partial charge in [0.1, 0.15) is 11.4 Å². The first kappa shape index (κ1) is 22.5. The molecular formula is C26H27F2N3O3. The van der Waals surface area contributed by atoms with Gasteiger partial charge in [0, 0.05) is 24.6 Å². The van der Waals surface area contributed by atoms with Gasteiger partial charge < -0.3 is 19.8 Å². The number of aryl methyl sites for hydroxylation is 1. The van der Waals surface area contributed by atoms with Crippen LogP contribution < -0.4 is 10.2 Å². The molecule has 1 aromatic heterocycles. The second-order valence-corrected chi connectivity index (χ2v) is 9.05. The van der Waals surface area contributed by atoms with Gasteiger partial charge in [0.25, 0.3) is 0 Å². The van der Waals surface area contributed by atoms with E-state index >= 15 is 0 Å². The van der Waals surface area contributed by atoms with Crippen LogP contribution in [0, 0.1) is 17.6 Å². The molecule has 0 radical (unpaired) electrons. The smallest absolute Gasteiger partial charge is 0.227 e. The number of carbonyl (C=O) groups is 1. The Bertz CT molecular complexity index is 1180. The Labute approximate surface area is 196 Å². The lowest BCUT2D eigenvalue weighted by Gasteiger charge is -2.21. The van der Waals surface area contributed by atoms with Gasteiger partial charge in [0.2, 0.25) is 5.91 Å². The van der Waals surface area contributed by atoms with E-state index in [-0.39, 0.29) is 41.4 Å². The normalized spacial score (nSPS) is 17.0. The highest BCUT2D eigenvalue weighted by Gasteiger charge is 2.28. The molecule has 2 N–H and O–H groups in total. The standard InChI is InChI=1S/C26H27F2N3O3/c27-21-13-17(14-22(28)25(21)31-12-2-5-24(31)32)19-3-1-4-20(26(19)33)23-15-18(30-34-23)7-6-16-8-10-29-11-9-16/h1,3-4,13-16,29,33H,2,5-12H2. The van der Waals surface area contributed by atoms with E-state index in [4.69, 9.17) is 4.52 Å². The first-order valence-electron chi connectivity index (χ1n) is 11.8. The molecule has 0 atom stereocenters. The van der Waals surface area contributed by atoms with Crippen molar-refractivity contribution in [2.75, 3.05) is 24.5 Å². The summed E-state index contributed by atoms with van der Waals surface area (Å²) in [6.45, 7) is 2.38. The predicted octanol–water partition coefficient (Wildman–Crippen LogP) is 5.05. The lowest BCUT2D eigenvalue weighted by molar-refractivity contribution is -0.117. The number of rotatable bonds is 6. The van der Waals surface area contributed by atoms with E-state index in [1.165, 1.54) is 0 Å². The van der Waals surface area contributed by atoms with Crippen LogP contribution in [0.3, 0.4) is 0 Å². The van der Waals surface area contributed by atoms with Gasteiger partial charge in [0.15, 0.2) is 17.4 Å². The summed E-state index contributed by atoms with van der Waals surface area (Å²) in [5.74, 6) is -1.05. The number of hydrogen-bond donors (Lipinski definition) is 2. The van der Waals surface area contributed by atoms with Crippen molar-refractivity contribution in [2.45, 2.75) is 38.5 Å². The van der Waals surface area contributed by atoms with Gasteiger partial charge in [-0.15, -0.1) is 0 Å². The Balaban J connectivity index is 1.39. The number of halogens is 2. The fraction of sp³-hybridized carbons (Fsp3) is 0.385. The van der Waals surface area contributed by atoms with Gasteiger partial charge in [0.05, 0.1) is 11.3 Å². The number of phenolic OH excluding ortho intramolecular Hbond substituents is 1. The molecule has 3 aromatic rings. The minimum atomic E-state index is -0.838. The molecule has 34 heavy (non-hydrogen) atoms. The van der Waals surface area contributed by atoms with Crippen LogP contribution in [0.5, 0.6) is 5.75 Å². The van der Waals surface area contributed by atoms with E-state index in [9.17, 15) is 18.7 Å². The van der Waals surface area contributed by atoms with Crippen LogP contribution in [0.2, 0.25) is 0 Å². The molecule has 2 saturated heterocycles. The number of amides is 1. The highest BCUT2D eigenvalue weighted by Crippen LogP contribution is 2.40. The second-order valence-electron chi connectivity index (χ2n) is 9.05. The predicted molar refractivity (Wildman–Crippen MR) is 124 cm³/mol. The monoisotopic (exact) mass is 467 g/mol. The third kappa shape index (κ3) is 4.42. The third-order valence-corrected chi connectivity index (χ3v) is 6.80. The largest absolute Gasteiger partial charge is 0.507 e. The molecule has 2 fully saturated rings. The van der Waals surface area contributed by atoms with E-state index in [0.29, 0.717) is 23.7 Å². The molecule has 5 rings (SSSR count). The van der Waals surface area contributed by atoms with Crippen LogP contribution >= 0.6 is 0 Å². The Morgan fingerprint density at radius 1 is 1.12 bits per heavy atom. The number of para-hydroxylation sites is 1. The number of aromatic hydroxyl groups is 1. The molecule has 0 saturated carbocycles. The van der Waals surface area contributed by atoms with Gasteiger partial charge in [-0.3, -0.25) is 4.79 Å². The third-order valence-electron chi connectivity index (χ3n) is 6.80. The van der Waals surface area contributed by atoms with E-state index in [0.717, 1.165) is 61.5 Å². The maximum absolute atomic E-state index is 14.9. The first-order valence-corrected chi connectivity index (χ1v) is 11.8. The number of aromatic nitrogens is 1. The molecule has 2 aliphatic heterocycles. The zero-order valence-electron chi connectivity index (χ0n) is 18.8. The second kappa shape index (κ2) is 9.54. The number of nitrogens with one attached hydrogen (secondary N) is 1. The molecule has 0 aliphatic carbocycles. The highest BCUT2D eigenvalue weighted by atomic mass is 19.1. The summed E-state index contributed by atoms with van der Waals surface area (Å²) in [4.78, 5) is 13.1. The maximum atomic E-state index is 14.9. The molecule has 2 aliphatic rings. The molecular weight excluding hydrogens is 440 g/mol. The minimum Gasteiger partial charge on any atom is -0.507 e. The summed E-state index contributed by atoms with van der Waals surface area (Å²) in [6.07, 6.45) is 4.99. The van der Waals surface area contributed by atoms with Crippen LogP contribution in [0.25, 0.3) is 22.5 Å². The molecule has 3 heterocycles. The number of phenols is 1. The van der Waals surface area contributed by atoms with Crippen LogP contribution in [-0.4, -0.2) is 35.8 Å². The molecule has 1 amide bonds. The van der Waals surface area contributed by atoms with Crippen molar-refractivity contribution in [1.82, 2.24) is 10.5 Å². The minimum absolute atomic E-state index is 0.146. The van der Waals surface area contributed by atoms with E-state index in [1.54, 1.807) is 18.2 Å². The zero-order chi connectivity index (χ0) is 23.7. The molecule has 0 bridgehead atoms. The summed E-state index contributed by atoms with van der Waals surface area (Å²) >= 11 is 0. The van der Waals surface area contributed by atoms with Crippen molar-refractivity contribution in [3.63, 3.8) is 0 Å². The summed E-state index contributed by atoms with van der Waals surface area (Å²) in [5.41, 5.74) is 1.32. The highest BCUT2D eigenvalue weighted by molar-refractivity contribution is 5.96. The average molecular weight is 468 g/mol. The number of carbonyl (C=O) groups excluding carboxylic acids is 1. The number of nitrogens with zero attached hydrogens (tertiary/aromatic N) is 2. The Morgan fingerprint density at radius 2 is 1.85 bits per heavy atom. The quantitative estimate of drug-likeness (QED) is 0.530. The zero-order valence-corrected chi connectivity index (χ0v) is 18.8. The van der Waals surface area contributed by atoms with E-state index in [2.05, 4.69) is 10.5 Å². The maximum Gasteiger partial charge on any atom is 0.227 e. The van der Waals surface area contributed by atoms with E-state index in [1.807, 2.05) is 6.07 Å². The van der Waals surface area contributed by atoms with Crippen LogP contribution in [0.4, 0.5) is 14.5 Å². The first-order chi connectivity index (χ1) is 16.5. The average Bonchev–Trinajstić information content (AvgIpc) is 3.47. The number of piperidine rings is 1. The van der Waals surface area contributed by atoms with Gasteiger partial charge >= 0.3 is 0 Å².